The third kappa shape index (κ3) is 6.28. The highest BCUT2D eigenvalue weighted by Crippen LogP contribution is 2.46. The molecule has 0 saturated heterocycles. The van der Waals surface area contributed by atoms with Gasteiger partial charge in [-0.15, -0.1) is 0 Å². The first-order valence-electron chi connectivity index (χ1n) is 22.2. The number of rotatable bonds is 7. The molecule has 0 N–H and O–H groups in total. The van der Waals surface area contributed by atoms with Crippen molar-refractivity contribution in [1.29, 1.82) is 0 Å². The van der Waals surface area contributed by atoms with Gasteiger partial charge in [-0.1, -0.05) is 170 Å². The van der Waals surface area contributed by atoms with Crippen molar-refractivity contribution in [1.82, 2.24) is 4.57 Å². The van der Waals surface area contributed by atoms with Gasteiger partial charge in [0.25, 0.3) is 0 Å². The average molecular weight is 829 g/mol. The van der Waals surface area contributed by atoms with Gasteiger partial charge in [-0.05, 0) is 139 Å². The Bertz CT molecular complexity index is 3770. The summed E-state index contributed by atoms with van der Waals surface area (Å²) in [6.45, 7) is 0. The Labute approximate surface area is 377 Å². The van der Waals surface area contributed by atoms with E-state index in [4.69, 9.17) is 4.74 Å². The number of hydrogen-bond donors (Lipinski definition) is 0. The van der Waals surface area contributed by atoms with Crippen molar-refractivity contribution < 1.29 is 4.74 Å². The smallest absolute Gasteiger partial charge is 0.152 e. The van der Waals surface area contributed by atoms with Crippen LogP contribution in [0.3, 0.4) is 0 Å². The van der Waals surface area contributed by atoms with E-state index in [0.29, 0.717) is 0 Å². The van der Waals surface area contributed by atoms with Crippen molar-refractivity contribution in [3.05, 3.63) is 243 Å². The highest BCUT2D eigenvalue weighted by molar-refractivity contribution is 6.13. The Morgan fingerprint density at radius 3 is 1.60 bits per heavy atom. The standard InChI is InChI=1S/C62H40N2O/c1-2-10-41(11-3-1)42-20-22-43(23-21-42)44-26-32-51(33-27-44)63(52-34-28-45(29-35-52)48-30-36-55-50(38-48)25-24-46-12-4-5-15-54(46)55)53-14-8-13-47(39-53)49-31-37-58-57(40-49)56-16-9-19-61-62(56)64(58)59-17-6-7-18-60(59)65-61/h1-40H. The van der Waals surface area contributed by atoms with E-state index in [2.05, 4.69) is 240 Å². The van der Waals surface area contributed by atoms with E-state index >= 15 is 0 Å². The van der Waals surface area contributed by atoms with Crippen LogP contribution in [0.2, 0.25) is 0 Å². The van der Waals surface area contributed by atoms with Crippen LogP contribution in [0.15, 0.2) is 243 Å². The van der Waals surface area contributed by atoms with Crippen molar-refractivity contribution in [2.75, 3.05) is 4.90 Å². The van der Waals surface area contributed by atoms with E-state index in [1.807, 2.05) is 12.1 Å². The topological polar surface area (TPSA) is 17.4 Å². The van der Waals surface area contributed by atoms with E-state index in [1.54, 1.807) is 0 Å². The van der Waals surface area contributed by atoms with E-state index in [1.165, 1.54) is 71.2 Å². The Morgan fingerprint density at radius 1 is 0.292 bits per heavy atom. The van der Waals surface area contributed by atoms with Gasteiger partial charge < -0.3 is 14.2 Å². The number of para-hydroxylation sites is 3. The van der Waals surface area contributed by atoms with Crippen molar-refractivity contribution >= 4 is 60.4 Å². The fourth-order valence-electron chi connectivity index (χ4n) is 9.95. The molecule has 1 aromatic heterocycles. The summed E-state index contributed by atoms with van der Waals surface area (Å²) in [4.78, 5) is 2.37. The molecule has 0 atom stereocenters. The minimum atomic E-state index is 0.870. The molecule has 13 rings (SSSR count). The molecule has 0 bridgehead atoms. The second-order valence-electron chi connectivity index (χ2n) is 16.9. The van der Waals surface area contributed by atoms with E-state index in [-0.39, 0.29) is 0 Å². The Morgan fingerprint density at radius 2 is 0.815 bits per heavy atom. The Hall–Kier alpha value is -8.66. The summed E-state index contributed by atoms with van der Waals surface area (Å²) in [6.07, 6.45) is 0. The van der Waals surface area contributed by atoms with Crippen molar-refractivity contribution in [2.45, 2.75) is 0 Å². The third-order valence-corrected chi connectivity index (χ3v) is 13.2. The van der Waals surface area contributed by atoms with Gasteiger partial charge in [0.05, 0.1) is 16.7 Å². The number of anilines is 3. The SMILES string of the molecule is c1ccc(-c2ccc(-c3ccc(N(c4ccc(-c5ccc6c(ccc7ccccc76)c5)cc4)c4cccc(-c5ccc6c(c5)c5cccc7c5n6-c5ccccc5O7)c4)cc3)cc2)cc1. The number of ether oxygens (including phenoxy) is 1. The summed E-state index contributed by atoms with van der Waals surface area (Å²) < 4.78 is 8.76. The molecule has 3 heteroatoms. The third-order valence-electron chi connectivity index (χ3n) is 13.2. The molecule has 11 aromatic carbocycles. The molecule has 0 saturated carbocycles. The zero-order chi connectivity index (χ0) is 42.8. The lowest BCUT2D eigenvalue weighted by molar-refractivity contribution is 0.476. The molecule has 0 spiro atoms. The second kappa shape index (κ2) is 15.0. The highest BCUT2D eigenvalue weighted by atomic mass is 16.5. The predicted octanol–water partition coefficient (Wildman–Crippen LogP) is 17.3. The molecular weight excluding hydrogens is 789 g/mol. The fraction of sp³-hybridized carbons (Fsp3) is 0. The van der Waals surface area contributed by atoms with Gasteiger partial charge >= 0.3 is 0 Å². The van der Waals surface area contributed by atoms with Crippen LogP contribution in [0, 0.1) is 0 Å². The number of aromatic nitrogens is 1. The lowest BCUT2D eigenvalue weighted by Gasteiger charge is -2.26. The summed E-state index contributed by atoms with van der Waals surface area (Å²) in [5, 5.41) is 7.45. The van der Waals surface area contributed by atoms with Gasteiger partial charge in [0.1, 0.15) is 0 Å². The first kappa shape index (κ1) is 36.9. The number of fused-ring (bicyclic) bond motifs is 8. The lowest BCUT2D eigenvalue weighted by atomic mass is 9.97. The van der Waals surface area contributed by atoms with Crippen molar-refractivity contribution in [2.24, 2.45) is 0 Å². The van der Waals surface area contributed by atoms with Crippen molar-refractivity contribution in [3.8, 4) is 61.7 Å². The molecule has 304 valence electrons. The molecule has 12 aromatic rings. The maximum atomic E-state index is 6.41. The molecule has 3 nitrogen and oxygen atoms in total. The van der Waals surface area contributed by atoms with E-state index < -0.39 is 0 Å². The van der Waals surface area contributed by atoms with Crippen molar-refractivity contribution in [3.63, 3.8) is 0 Å². The molecule has 0 amide bonds. The van der Waals surface area contributed by atoms with E-state index in [9.17, 15) is 0 Å². The van der Waals surface area contributed by atoms with Crippen LogP contribution in [0.25, 0.3) is 93.5 Å². The van der Waals surface area contributed by atoms with Gasteiger partial charge in [-0.2, -0.15) is 0 Å². The molecule has 0 fully saturated rings. The van der Waals surface area contributed by atoms with Crippen LogP contribution in [-0.4, -0.2) is 4.57 Å². The molecule has 0 aliphatic carbocycles. The van der Waals surface area contributed by atoms with Gasteiger partial charge in [0.15, 0.2) is 11.5 Å². The average Bonchev–Trinajstić information content (AvgIpc) is 3.72. The number of hydrogen-bond acceptors (Lipinski definition) is 2. The summed E-state index contributed by atoms with van der Waals surface area (Å²) in [5.74, 6) is 1.75. The summed E-state index contributed by atoms with van der Waals surface area (Å²) in [5.41, 5.74) is 16.1. The second-order valence-corrected chi connectivity index (χ2v) is 16.9. The van der Waals surface area contributed by atoms with Gasteiger partial charge in [0, 0.05) is 27.8 Å². The van der Waals surface area contributed by atoms with Crippen LogP contribution < -0.4 is 9.64 Å². The minimum Gasteiger partial charge on any atom is -0.453 e. The van der Waals surface area contributed by atoms with Crippen LogP contribution in [0.5, 0.6) is 11.5 Å². The minimum absolute atomic E-state index is 0.870. The van der Waals surface area contributed by atoms with Crippen LogP contribution in [0.1, 0.15) is 0 Å². The first-order chi connectivity index (χ1) is 32.2. The summed E-state index contributed by atoms with van der Waals surface area (Å²) >= 11 is 0. The quantitative estimate of drug-likeness (QED) is 0.149. The zero-order valence-corrected chi connectivity index (χ0v) is 35.4. The molecule has 1 aliphatic heterocycles. The summed E-state index contributed by atoms with van der Waals surface area (Å²) in [6, 6.07) is 87.8. The van der Waals surface area contributed by atoms with Crippen LogP contribution in [0.4, 0.5) is 17.1 Å². The predicted molar refractivity (Wildman–Crippen MR) is 272 cm³/mol. The highest BCUT2D eigenvalue weighted by Gasteiger charge is 2.24. The molecule has 65 heavy (non-hydrogen) atoms. The molecule has 1 aliphatic rings. The Balaban J connectivity index is 0.891. The number of nitrogens with zero attached hydrogens (tertiary/aromatic N) is 2. The van der Waals surface area contributed by atoms with Gasteiger partial charge in [-0.3, -0.25) is 0 Å². The van der Waals surface area contributed by atoms with E-state index in [0.717, 1.165) is 50.9 Å². The normalized spacial score (nSPS) is 11.8. The summed E-state index contributed by atoms with van der Waals surface area (Å²) in [7, 11) is 0. The maximum absolute atomic E-state index is 6.41. The van der Waals surface area contributed by atoms with Gasteiger partial charge in [0.2, 0.25) is 0 Å². The fourth-order valence-corrected chi connectivity index (χ4v) is 9.95. The lowest BCUT2D eigenvalue weighted by Crippen LogP contribution is -2.10. The Kier molecular flexibility index (Phi) is 8.53. The maximum Gasteiger partial charge on any atom is 0.152 e. The number of benzene rings is 11. The molecule has 0 radical (unpaired) electrons. The largest absolute Gasteiger partial charge is 0.453 e. The monoisotopic (exact) mass is 828 g/mol. The van der Waals surface area contributed by atoms with Crippen LogP contribution >= 0.6 is 0 Å². The zero-order valence-electron chi connectivity index (χ0n) is 35.4. The first-order valence-corrected chi connectivity index (χ1v) is 22.2. The van der Waals surface area contributed by atoms with Crippen LogP contribution in [-0.2, 0) is 0 Å². The molecular formula is C62H40N2O. The van der Waals surface area contributed by atoms with Gasteiger partial charge in [-0.25, -0.2) is 0 Å². The molecule has 0 unspecified atom stereocenters. The molecule has 2 heterocycles.